The molecule has 0 heterocycles. The lowest BCUT2D eigenvalue weighted by molar-refractivity contribution is -0.481. The van der Waals surface area contributed by atoms with E-state index in [-0.39, 0.29) is 17.8 Å². The highest BCUT2D eigenvalue weighted by Gasteiger charge is 3.00. The number of methoxy groups -OCH3 is 1. The van der Waals surface area contributed by atoms with Crippen molar-refractivity contribution < 1.29 is 120 Å². The second kappa shape index (κ2) is 20.2. The number of hydrogen-bond donors (Lipinski definition) is 0. The Morgan fingerprint density at radius 1 is 0.548 bits per heavy atom. The predicted octanol–water partition coefficient (Wildman–Crippen LogP) is 13.7. The molecule has 0 bridgehead atoms. The Balaban J connectivity index is 0. The number of rotatable bonds is 17. The van der Waals surface area contributed by atoms with Gasteiger partial charge in [0, 0.05) is 0 Å². The SMILES string of the molecule is CCC(C)(C)C(=O)OC.CCC(C)C(=O)OCCC(F)(F)C(F)(F)C(F)(F)C(F)(F)C(F)(F)C(F)(F)C(F)(F)C(F)(F)C(F)(C(F)(F)F)C(F)(F)F.CCC(C)c1ccccc1. The van der Waals surface area contributed by atoms with Gasteiger partial charge in [0.1, 0.15) is 0 Å². The minimum Gasteiger partial charge on any atom is -0.469 e. The molecule has 1 aromatic carbocycles. The third kappa shape index (κ3) is 11.2. The Hall–Kier alpha value is -3.45. The van der Waals surface area contributed by atoms with Gasteiger partial charge in [0.25, 0.3) is 0 Å². The third-order valence-electron chi connectivity index (χ3n) is 9.32. The van der Waals surface area contributed by atoms with E-state index in [0.29, 0.717) is 5.92 Å². The number of carbonyl (C=O) groups excluding carboxylic acids is 2. The van der Waals surface area contributed by atoms with E-state index in [1.165, 1.54) is 26.0 Å². The van der Waals surface area contributed by atoms with Gasteiger partial charge < -0.3 is 9.47 Å². The van der Waals surface area contributed by atoms with Crippen molar-refractivity contribution in [3.63, 3.8) is 0 Å². The molecule has 0 aromatic heterocycles. The number of ether oxygens (including phenoxy) is 2. The number of carbonyl (C=O) groups is 2. The topological polar surface area (TPSA) is 52.6 Å². The van der Waals surface area contributed by atoms with Gasteiger partial charge in [0.15, 0.2) is 0 Å². The molecule has 0 aliphatic heterocycles. The number of hydrogen-bond acceptors (Lipinski definition) is 4. The van der Waals surface area contributed by atoms with Gasteiger partial charge in [-0.25, -0.2) is 4.39 Å². The molecule has 0 fully saturated rings. The van der Waals surface area contributed by atoms with Gasteiger partial charge in [-0.2, -0.15) is 96.6 Å². The molecule has 62 heavy (non-hydrogen) atoms. The summed E-state index contributed by atoms with van der Waals surface area (Å²) in [5.74, 6) is -73.0. The molecule has 0 saturated carbocycles. The standard InChI is InChI=1S/C18H13F23O2.C10H14.C7H14O2/c1-3-6(2)7(42)43-5-4-8(19,20)10(22,23)12(26,27)14(30,31)16(34,35)15(32,33)13(28,29)11(24,25)9(21,17(36,37)38)18(39,40)41;1-3-9(2)10-7-5-4-6-8-10;1-5-7(2,3)6(8)9-4/h6H,3-5H2,1-2H3;4-9H,3H2,1-2H3;5H2,1-4H3. The smallest absolute Gasteiger partial charge is 0.438 e. The van der Waals surface area contributed by atoms with Crippen molar-refractivity contribution in [2.45, 2.75) is 145 Å². The Morgan fingerprint density at radius 3 is 1.19 bits per heavy atom. The first-order valence-corrected chi connectivity index (χ1v) is 17.4. The van der Waals surface area contributed by atoms with Crippen molar-refractivity contribution in [2.24, 2.45) is 11.3 Å². The molecule has 0 aliphatic carbocycles. The van der Waals surface area contributed by atoms with E-state index in [1.807, 2.05) is 20.8 Å². The summed E-state index contributed by atoms with van der Waals surface area (Å²) in [6.45, 7) is 10.3. The molecular weight excluding hydrogens is 921 g/mol. The summed E-state index contributed by atoms with van der Waals surface area (Å²) >= 11 is 0. The molecule has 0 aliphatic rings. The highest BCUT2D eigenvalue weighted by atomic mass is 19.4. The second-order valence-corrected chi connectivity index (χ2v) is 14.1. The van der Waals surface area contributed by atoms with Crippen LogP contribution in [0.1, 0.15) is 85.6 Å². The molecule has 366 valence electrons. The lowest BCUT2D eigenvalue weighted by Gasteiger charge is -2.46. The van der Waals surface area contributed by atoms with Crippen molar-refractivity contribution >= 4 is 11.9 Å². The lowest BCUT2D eigenvalue weighted by atomic mass is 9.82. The molecule has 0 saturated heterocycles. The molecule has 4 nitrogen and oxygen atoms in total. The van der Waals surface area contributed by atoms with Crippen LogP contribution in [0.25, 0.3) is 0 Å². The van der Waals surface area contributed by atoms with Crippen LogP contribution in [0.5, 0.6) is 0 Å². The van der Waals surface area contributed by atoms with E-state index < -0.39 is 90.3 Å². The molecule has 2 atom stereocenters. The van der Waals surface area contributed by atoms with E-state index >= 15 is 0 Å². The highest BCUT2D eigenvalue weighted by molar-refractivity contribution is 5.75. The average molecular weight is 963 g/mol. The maximum Gasteiger partial charge on any atom is 0.438 e. The lowest BCUT2D eigenvalue weighted by Crippen LogP contribution is -2.79. The predicted molar refractivity (Wildman–Crippen MR) is 172 cm³/mol. The monoisotopic (exact) mass is 962 g/mol. The molecule has 27 heteroatoms. The summed E-state index contributed by atoms with van der Waals surface area (Å²) in [7, 11) is 1.42. The van der Waals surface area contributed by atoms with Gasteiger partial charge in [-0.1, -0.05) is 65.0 Å². The van der Waals surface area contributed by atoms with Crippen molar-refractivity contribution in [2.75, 3.05) is 13.7 Å². The van der Waals surface area contributed by atoms with E-state index in [1.54, 1.807) is 0 Å². The zero-order valence-corrected chi connectivity index (χ0v) is 33.4. The van der Waals surface area contributed by atoms with Gasteiger partial charge in [0.05, 0.1) is 31.5 Å². The number of alkyl halides is 23. The second-order valence-electron chi connectivity index (χ2n) is 14.1. The van der Waals surface area contributed by atoms with E-state index in [2.05, 4.69) is 53.7 Å². The van der Waals surface area contributed by atoms with Gasteiger partial charge in [-0.15, -0.1) is 0 Å². The van der Waals surface area contributed by atoms with Crippen molar-refractivity contribution in [1.82, 2.24) is 0 Å². The Morgan fingerprint density at radius 2 is 0.903 bits per heavy atom. The molecule has 1 rings (SSSR count). The fraction of sp³-hybridized carbons (Fsp3) is 0.771. The first-order chi connectivity index (χ1) is 27.2. The summed E-state index contributed by atoms with van der Waals surface area (Å²) in [5.41, 5.74) is -7.91. The van der Waals surface area contributed by atoms with Crippen LogP contribution in [0, 0.1) is 11.3 Å². The third-order valence-corrected chi connectivity index (χ3v) is 9.32. The van der Waals surface area contributed by atoms with Crippen LogP contribution < -0.4 is 0 Å². The van der Waals surface area contributed by atoms with Gasteiger partial charge in [-0.05, 0) is 44.6 Å². The Bertz CT molecular complexity index is 1560. The summed E-state index contributed by atoms with van der Waals surface area (Å²) in [5, 5.41) is 0. The normalized spacial score (nSPS) is 15.3. The summed E-state index contributed by atoms with van der Waals surface area (Å²) < 4.78 is 316. The Labute approximate surface area is 338 Å². The fourth-order valence-electron chi connectivity index (χ4n) is 4.13. The molecule has 0 N–H and O–H groups in total. The van der Waals surface area contributed by atoms with E-state index in [9.17, 15) is 111 Å². The molecule has 2 unspecified atom stereocenters. The van der Waals surface area contributed by atoms with Gasteiger partial charge >= 0.3 is 77.3 Å². The first-order valence-electron chi connectivity index (χ1n) is 17.4. The summed E-state index contributed by atoms with van der Waals surface area (Å²) in [4.78, 5) is 22.1. The Kier molecular flexibility index (Phi) is 19.7. The zero-order valence-electron chi connectivity index (χ0n) is 33.4. The van der Waals surface area contributed by atoms with E-state index in [4.69, 9.17) is 0 Å². The van der Waals surface area contributed by atoms with Gasteiger partial charge in [-0.3, -0.25) is 9.59 Å². The van der Waals surface area contributed by atoms with Crippen molar-refractivity contribution in [3.05, 3.63) is 35.9 Å². The van der Waals surface area contributed by atoms with E-state index in [0.717, 1.165) is 13.3 Å². The maximum atomic E-state index is 13.8. The quantitative estimate of drug-likeness (QED) is 0.115. The van der Waals surface area contributed by atoms with Crippen LogP contribution in [0.2, 0.25) is 0 Å². The fourth-order valence-corrected chi connectivity index (χ4v) is 4.13. The molecule has 0 spiro atoms. The van der Waals surface area contributed by atoms with Crippen LogP contribution in [0.3, 0.4) is 0 Å². The molecular formula is C35H41F23O4. The summed E-state index contributed by atoms with van der Waals surface area (Å²) in [6, 6.07) is 10.6. The maximum absolute atomic E-state index is 13.8. The van der Waals surface area contributed by atoms with Crippen LogP contribution in [0.15, 0.2) is 30.3 Å². The minimum absolute atomic E-state index is 0.134. The van der Waals surface area contributed by atoms with Crippen LogP contribution in [0.4, 0.5) is 101 Å². The molecule has 0 radical (unpaired) electrons. The largest absolute Gasteiger partial charge is 0.469 e. The average Bonchev–Trinajstić information content (AvgIpc) is 3.15. The number of esters is 2. The molecule has 0 amide bonds. The number of halogens is 23. The van der Waals surface area contributed by atoms with Crippen LogP contribution in [-0.4, -0.2) is 91.1 Å². The van der Waals surface area contributed by atoms with Crippen molar-refractivity contribution in [3.8, 4) is 0 Å². The van der Waals surface area contributed by atoms with Crippen molar-refractivity contribution in [1.29, 1.82) is 0 Å². The summed E-state index contributed by atoms with van der Waals surface area (Å²) in [6.07, 6.45) is -18.2. The highest BCUT2D eigenvalue weighted by Crippen LogP contribution is 2.68. The minimum atomic E-state index is -9.50. The zero-order chi connectivity index (χ0) is 50.4. The first kappa shape index (κ1) is 60.6. The van der Waals surface area contributed by atoms with Gasteiger partial charge in [0.2, 0.25) is 0 Å². The molecule has 1 aromatic rings. The van der Waals surface area contributed by atoms with Crippen LogP contribution in [-0.2, 0) is 19.1 Å². The number of benzene rings is 1. The van der Waals surface area contributed by atoms with Crippen LogP contribution >= 0.6 is 0 Å².